The summed E-state index contributed by atoms with van der Waals surface area (Å²) < 4.78 is 37.8. The molecule has 8 nitrogen and oxygen atoms in total. The molecule has 1 saturated heterocycles. The molecule has 0 amide bonds. The highest BCUT2D eigenvalue weighted by atomic mass is 32.2. The number of carbonyl (C=O) groups excluding carboxylic acids is 1. The number of esters is 1. The van der Waals surface area contributed by atoms with Gasteiger partial charge in [0.2, 0.25) is 10.0 Å². The summed E-state index contributed by atoms with van der Waals surface area (Å²) in [6.07, 6.45) is 0.697. The summed E-state index contributed by atoms with van der Waals surface area (Å²) in [5, 5.41) is 3.98. The molecule has 0 bridgehead atoms. The summed E-state index contributed by atoms with van der Waals surface area (Å²) in [6.45, 7) is 6.57. The molecule has 1 aromatic heterocycles. The Balaban J connectivity index is 1.77. The first-order valence-electron chi connectivity index (χ1n) is 9.16. The van der Waals surface area contributed by atoms with Crippen LogP contribution < -0.4 is 0 Å². The summed E-state index contributed by atoms with van der Waals surface area (Å²) in [4.78, 5) is 14.2. The minimum absolute atomic E-state index is 0.0129. The van der Waals surface area contributed by atoms with Crippen molar-refractivity contribution in [1.29, 1.82) is 0 Å². The van der Waals surface area contributed by atoms with Crippen molar-refractivity contribution in [3.05, 3.63) is 46.8 Å². The van der Waals surface area contributed by atoms with Gasteiger partial charge in [0.25, 0.3) is 0 Å². The van der Waals surface area contributed by atoms with Crippen LogP contribution in [0.15, 0.2) is 33.7 Å². The van der Waals surface area contributed by atoms with Gasteiger partial charge in [-0.05, 0) is 38.9 Å². The van der Waals surface area contributed by atoms with E-state index in [1.165, 1.54) is 23.5 Å². The SMILES string of the molecule is COC(=O)c1ccccc1S(=O)(=O)N1CCCN(Cc2c(C)noc2C)CC1. The third-order valence-electron chi connectivity index (χ3n) is 5.02. The van der Waals surface area contributed by atoms with Crippen molar-refractivity contribution >= 4 is 16.0 Å². The molecule has 28 heavy (non-hydrogen) atoms. The molecule has 0 aliphatic carbocycles. The predicted molar refractivity (Wildman–Crippen MR) is 102 cm³/mol. The van der Waals surface area contributed by atoms with E-state index in [2.05, 4.69) is 10.1 Å². The number of methoxy groups -OCH3 is 1. The molecule has 1 aliphatic rings. The topological polar surface area (TPSA) is 93.0 Å². The van der Waals surface area contributed by atoms with Crippen molar-refractivity contribution in [3.8, 4) is 0 Å². The number of aromatic nitrogens is 1. The van der Waals surface area contributed by atoms with Crippen molar-refractivity contribution in [2.75, 3.05) is 33.3 Å². The molecule has 152 valence electrons. The number of hydrogen-bond donors (Lipinski definition) is 0. The zero-order chi connectivity index (χ0) is 20.3. The summed E-state index contributed by atoms with van der Waals surface area (Å²) in [6, 6.07) is 6.16. The first-order valence-corrected chi connectivity index (χ1v) is 10.6. The Bertz CT molecular complexity index is 935. The highest BCUT2D eigenvalue weighted by Crippen LogP contribution is 2.23. The molecular formula is C19H25N3O5S. The van der Waals surface area contributed by atoms with Crippen LogP contribution in [0, 0.1) is 13.8 Å². The van der Waals surface area contributed by atoms with Gasteiger partial charge in [0, 0.05) is 31.7 Å². The Morgan fingerprint density at radius 3 is 2.61 bits per heavy atom. The number of aryl methyl sites for hydroxylation is 2. The van der Waals surface area contributed by atoms with E-state index >= 15 is 0 Å². The van der Waals surface area contributed by atoms with Crippen LogP contribution in [0.2, 0.25) is 0 Å². The summed E-state index contributed by atoms with van der Waals surface area (Å²) in [5.41, 5.74) is 1.97. The second-order valence-electron chi connectivity index (χ2n) is 6.82. The Hall–Kier alpha value is -2.23. The Kier molecular flexibility index (Phi) is 6.17. The number of benzene rings is 1. The van der Waals surface area contributed by atoms with Gasteiger partial charge in [-0.25, -0.2) is 13.2 Å². The van der Waals surface area contributed by atoms with Gasteiger partial charge in [0.15, 0.2) is 0 Å². The molecule has 2 heterocycles. The number of ether oxygens (including phenoxy) is 1. The molecule has 1 fully saturated rings. The molecule has 9 heteroatoms. The monoisotopic (exact) mass is 407 g/mol. The first-order chi connectivity index (χ1) is 13.3. The van der Waals surface area contributed by atoms with Crippen LogP contribution in [0.25, 0.3) is 0 Å². The molecule has 0 saturated carbocycles. The molecule has 0 N–H and O–H groups in total. The van der Waals surface area contributed by atoms with Gasteiger partial charge < -0.3 is 9.26 Å². The summed E-state index contributed by atoms with van der Waals surface area (Å²) in [7, 11) is -2.56. The lowest BCUT2D eigenvalue weighted by atomic mass is 10.2. The fraction of sp³-hybridized carbons (Fsp3) is 0.474. The molecule has 0 atom stereocenters. The molecule has 0 unspecified atom stereocenters. The first kappa shape index (κ1) is 20.5. The van der Waals surface area contributed by atoms with Crippen molar-refractivity contribution < 1.29 is 22.5 Å². The highest BCUT2D eigenvalue weighted by Gasteiger charge is 2.31. The van der Waals surface area contributed by atoms with Gasteiger partial charge in [0.1, 0.15) is 5.76 Å². The van der Waals surface area contributed by atoms with E-state index in [1.54, 1.807) is 12.1 Å². The van der Waals surface area contributed by atoms with Gasteiger partial charge in [-0.3, -0.25) is 4.90 Å². The van der Waals surface area contributed by atoms with Crippen molar-refractivity contribution in [2.45, 2.75) is 31.7 Å². The lowest BCUT2D eigenvalue weighted by Crippen LogP contribution is -2.36. The maximum Gasteiger partial charge on any atom is 0.339 e. The largest absolute Gasteiger partial charge is 0.465 e. The normalized spacial score (nSPS) is 16.7. The van der Waals surface area contributed by atoms with Crippen molar-refractivity contribution in [2.24, 2.45) is 0 Å². The van der Waals surface area contributed by atoms with Crippen LogP contribution in [0.5, 0.6) is 0 Å². The molecule has 1 aromatic carbocycles. The van der Waals surface area contributed by atoms with Crippen LogP contribution in [0.3, 0.4) is 0 Å². The van der Waals surface area contributed by atoms with E-state index in [0.717, 1.165) is 23.6 Å². The Labute approximate surface area is 165 Å². The smallest absolute Gasteiger partial charge is 0.339 e. The second-order valence-corrected chi connectivity index (χ2v) is 8.73. The minimum Gasteiger partial charge on any atom is -0.465 e. The van der Waals surface area contributed by atoms with Crippen LogP contribution in [0.1, 0.15) is 33.8 Å². The van der Waals surface area contributed by atoms with Crippen molar-refractivity contribution in [3.63, 3.8) is 0 Å². The molecule has 0 spiro atoms. The van der Waals surface area contributed by atoms with E-state index in [0.29, 0.717) is 32.6 Å². The van der Waals surface area contributed by atoms with E-state index in [1.807, 2.05) is 13.8 Å². The van der Waals surface area contributed by atoms with Crippen LogP contribution >= 0.6 is 0 Å². The zero-order valence-corrected chi connectivity index (χ0v) is 17.2. The lowest BCUT2D eigenvalue weighted by Gasteiger charge is -2.22. The molecule has 1 aliphatic heterocycles. The number of carbonyl (C=O) groups is 1. The maximum absolute atomic E-state index is 13.2. The molecular weight excluding hydrogens is 382 g/mol. The van der Waals surface area contributed by atoms with Crippen LogP contribution in [-0.4, -0.2) is 62.0 Å². The van der Waals surface area contributed by atoms with Gasteiger partial charge in [-0.1, -0.05) is 17.3 Å². The third-order valence-corrected chi connectivity index (χ3v) is 6.98. The van der Waals surface area contributed by atoms with Gasteiger partial charge in [-0.2, -0.15) is 4.31 Å². The second kappa shape index (κ2) is 8.42. The average molecular weight is 407 g/mol. The predicted octanol–water partition coefficient (Wildman–Crippen LogP) is 1.97. The highest BCUT2D eigenvalue weighted by molar-refractivity contribution is 7.89. The Morgan fingerprint density at radius 1 is 1.18 bits per heavy atom. The van der Waals surface area contributed by atoms with Gasteiger partial charge in [0.05, 0.1) is 23.3 Å². The molecule has 3 rings (SSSR count). The fourth-order valence-electron chi connectivity index (χ4n) is 3.41. The standard InChI is InChI=1S/C19H25N3O5S/c1-14-17(15(2)27-20-14)13-21-9-6-10-22(12-11-21)28(24,25)18-8-5-4-7-16(18)19(23)26-3/h4-5,7-8H,6,9-13H2,1-3H3. The number of nitrogens with zero attached hydrogens (tertiary/aromatic N) is 3. The van der Waals surface area contributed by atoms with E-state index < -0.39 is 16.0 Å². The van der Waals surface area contributed by atoms with Gasteiger partial charge >= 0.3 is 5.97 Å². The zero-order valence-electron chi connectivity index (χ0n) is 16.3. The number of rotatable bonds is 5. The molecule has 2 aromatic rings. The lowest BCUT2D eigenvalue weighted by molar-refractivity contribution is 0.0596. The minimum atomic E-state index is -3.80. The summed E-state index contributed by atoms with van der Waals surface area (Å²) in [5.74, 6) is 0.132. The summed E-state index contributed by atoms with van der Waals surface area (Å²) >= 11 is 0. The number of sulfonamides is 1. The van der Waals surface area contributed by atoms with E-state index in [-0.39, 0.29) is 10.5 Å². The van der Waals surface area contributed by atoms with Crippen LogP contribution in [-0.2, 0) is 21.3 Å². The molecule has 0 radical (unpaired) electrons. The van der Waals surface area contributed by atoms with E-state index in [4.69, 9.17) is 9.26 Å². The third kappa shape index (κ3) is 4.11. The number of hydrogen-bond acceptors (Lipinski definition) is 7. The van der Waals surface area contributed by atoms with Crippen molar-refractivity contribution in [1.82, 2.24) is 14.4 Å². The maximum atomic E-state index is 13.2. The van der Waals surface area contributed by atoms with Gasteiger partial charge in [-0.15, -0.1) is 0 Å². The van der Waals surface area contributed by atoms with Crippen LogP contribution in [0.4, 0.5) is 0 Å². The Morgan fingerprint density at radius 2 is 1.93 bits per heavy atom. The fourth-order valence-corrected chi connectivity index (χ4v) is 5.06. The average Bonchev–Trinajstić information content (AvgIpc) is 2.89. The van der Waals surface area contributed by atoms with E-state index in [9.17, 15) is 13.2 Å². The quantitative estimate of drug-likeness (QED) is 0.700.